The number of rotatable bonds is 24. The van der Waals surface area contributed by atoms with E-state index in [4.69, 9.17) is 37.9 Å². The van der Waals surface area contributed by atoms with Crippen molar-refractivity contribution in [2.45, 2.75) is 194 Å². The molecule has 2 aliphatic heterocycles. The lowest BCUT2D eigenvalue weighted by molar-refractivity contribution is -0.142. The summed E-state index contributed by atoms with van der Waals surface area (Å²) in [7, 11) is 0. The van der Waals surface area contributed by atoms with Crippen molar-refractivity contribution >= 4 is 90.6 Å². The van der Waals surface area contributed by atoms with Gasteiger partial charge in [-0.15, -0.1) is 0 Å². The summed E-state index contributed by atoms with van der Waals surface area (Å²) in [5.41, 5.74) is 4.44. The third-order valence-corrected chi connectivity index (χ3v) is 23.9. The van der Waals surface area contributed by atoms with Gasteiger partial charge in [-0.05, 0) is 190 Å². The molecular weight excluding hydrogens is 1510 g/mol. The van der Waals surface area contributed by atoms with Crippen molar-refractivity contribution in [2.24, 2.45) is 11.8 Å². The molecule has 4 aliphatic rings. The van der Waals surface area contributed by atoms with Crippen LogP contribution in [-0.4, -0.2) is 82.6 Å². The Kier molecular flexibility index (Phi) is 22.8. The fourth-order valence-corrected chi connectivity index (χ4v) is 17.3. The minimum atomic E-state index is -1.46. The molecule has 120 heavy (non-hydrogen) atoms. The van der Waals surface area contributed by atoms with E-state index in [-0.39, 0.29) is 135 Å². The van der Waals surface area contributed by atoms with Crippen LogP contribution in [-0.2, 0) is 63.2 Å². The van der Waals surface area contributed by atoms with Gasteiger partial charge in [0.2, 0.25) is 0 Å². The summed E-state index contributed by atoms with van der Waals surface area (Å²) in [6.45, 7) is 32.5. The molecule has 2 fully saturated rings. The summed E-state index contributed by atoms with van der Waals surface area (Å²) in [6, 6.07) is 47.7. The molecular formula is C102H102N2O16. The molecule has 2 aliphatic carbocycles. The van der Waals surface area contributed by atoms with Gasteiger partial charge in [-0.3, -0.25) is 29.0 Å². The van der Waals surface area contributed by atoms with Crippen molar-refractivity contribution in [2.75, 3.05) is 13.2 Å². The second-order valence-corrected chi connectivity index (χ2v) is 36.2. The lowest BCUT2D eigenvalue weighted by atomic mass is 9.78. The van der Waals surface area contributed by atoms with E-state index in [0.29, 0.717) is 61.5 Å². The van der Waals surface area contributed by atoms with Gasteiger partial charge in [-0.1, -0.05) is 208 Å². The summed E-state index contributed by atoms with van der Waals surface area (Å²) in [5.74, 6) is -4.98. The third-order valence-electron chi connectivity index (χ3n) is 23.9. The number of carbonyl (C=O) groups excluding carboxylic acids is 8. The van der Waals surface area contributed by atoms with Gasteiger partial charge in [0.05, 0.1) is 35.5 Å². The molecule has 0 aromatic heterocycles. The van der Waals surface area contributed by atoms with E-state index in [9.17, 15) is 9.59 Å². The average Bonchev–Trinajstić information content (AvgIpc) is 0.669. The highest BCUT2D eigenvalue weighted by molar-refractivity contribution is 6.45. The Bertz CT molecular complexity index is 5250. The zero-order chi connectivity index (χ0) is 85.0. The smallest absolute Gasteiger partial charge is 0.335 e. The predicted octanol–water partition coefficient (Wildman–Crippen LogP) is 22.9. The Morgan fingerprint density at radius 2 is 0.583 bits per heavy atom. The molecule has 0 saturated heterocycles. The number of hydrogen-bond acceptors (Lipinski definition) is 16. The summed E-state index contributed by atoms with van der Waals surface area (Å²) in [6.07, 6.45) is 9.53. The molecule has 11 aromatic rings. The van der Waals surface area contributed by atoms with Crippen LogP contribution in [0.4, 0.5) is 0 Å². The van der Waals surface area contributed by atoms with Gasteiger partial charge >= 0.3 is 23.9 Å². The quantitative estimate of drug-likeness (QED) is 0.0137. The normalized spacial score (nSPS) is 15.4. The molecule has 0 radical (unpaired) electrons. The standard InChI is InChI=1S/C102H102N2O16/c1-15-81(105)113-53-51-59-27-39-71(40-28-59)119-97(111)91(61-23-19-17-20-24-61)103-93(107)73-55-77(115-67-43-31-63(32-44-67)99(3,4)5)85-87-79(117-69-47-35-65(36-48-69)101(9,10)11)57-75-84-76(96(110)104(95(75)109)92(62-25-21-18-22-26-62)98(112)120-72-41-29-60(30-42-72)52-54-114-82(106)16-2)58-80(118-70-49-37-66(38-50-70)102(12,13)14)88(90(84)87)86-78(56-74(94(103)108)83(73)89(85)86)116-68-45-33-64(34-46-68)100(6,7)8/h15-16,27-50,55-58,61-62,91-92H,1-2,17-26,51-54H2,3-14H3. The van der Waals surface area contributed by atoms with E-state index in [1.165, 1.54) is 0 Å². The summed E-state index contributed by atoms with van der Waals surface area (Å²) in [4.78, 5) is 125. The largest absolute Gasteiger partial charge is 0.462 e. The first kappa shape index (κ1) is 82.7. The highest BCUT2D eigenvalue weighted by Crippen LogP contribution is 2.59. The Morgan fingerprint density at radius 3 is 0.817 bits per heavy atom. The monoisotopic (exact) mass is 1610 g/mol. The highest BCUT2D eigenvalue weighted by atomic mass is 16.6. The summed E-state index contributed by atoms with van der Waals surface area (Å²) >= 11 is 0. The van der Waals surface area contributed by atoms with Crippen LogP contribution >= 0.6 is 0 Å². The second kappa shape index (κ2) is 33.0. The molecule has 2 saturated carbocycles. The Morgan fingerprint density at radius 1 is 0.342 bits per heavy atom. The first-order chi connectivity index (χ1) is 57.2. The van der Waals surface area contributed by atoms with Crippen molar-refractivity contribution in [1.82, 2.24) is 9.80 Å². The van der Waals surface area contributed by atoms with E-state index in [1.807, 2.05) is 97.1 Å². The Labute approximate surface area is 700 Å². The molecule has 0 spiro atoms. The van der Waals surface area contributed by atoms with Crippen LogP contribution in [0.1, 0.15) is 222 Å². The van der Waals surface area contributed by atoms with E-state index < -0.39 is 71.4 Å². The number of benzene rings is 11. The second-order valence-electron chi connectivity index (χ2n) is 36.2. The molecule has 15 rings (SSSR count). The van der Waals surface area contributed by atoms with Gasteiger partial charge in [0, 0.05) is 68.1 Å². The van der Waals surface area contributed by atoms with Crippen molar-refractivity contribution in [1.29, 1.82) is 0 Å². The van der Waals surface area contributed by atoms with Gasteiger partial charge in [0.1, 0.15) is 69.6 Å². The van der Waals surface area contributed by atoms with Crippen LogP contribution in [0.5, 0.6) is 57.5 Å². The van der Waals surface area contributed by atoms with Crippen LogP contribution in [0.15, 0.2) is 195 Å². The van der Waals surface area contributed by atoms with E-state index in [2.05, 4.69) is 96.2 Å². The van der Waals surface area contributed by atoms with E-state index >= 15 is 28.8 Å². The van der Waals surface area contributed by atoms with E-state index in [1.54, 1.807) is 72.8 Å². The molecule has 2 unspecified atom stereocenters. The lowest BCUT2D eigenvalue weighted by Crippen LogP contribution is -2.55. The summed E-state index contributed by atoms with van der Waals surface area (Å²) in [5, 5.41) is 2.05. The van der Waals surface area contributed by atoms with Crippen LogP contribution in [0, 0.1) is 11.8 Å². The van der Waals surface area contributed by atoms with Crippen LogP contribution < -0.4 is 28.4 Å². The SMILES string of the molecule is C=CC(=O)OCCc1ccc(OC(=O)C(C2CCCCC2)N2C(=O)c3cc(Oc4ccc(C(C)(C)C)cc4)c4c5c(Oc6ccc(C(C)(C)C)cc6)cc6c7c(cc(Oc8ccc(C(C)(C)C)cc8)c(c8c(Oc9ccc(C(C)(C)C)cc9)cc(c3c48)C2=O)c75)C(=O)N(C(C(=O)Oc2ccc(CCOC(=O)C=C)cc2)C2CCCCC2)C6=O)cc1. The number of fused-ring (bicyclic) bond motifs is 2. The number of amides is 4. The maximum Gasteiger partial charge on any atom is 0.335 e. The van der Waals surface area contributed by atoms with E-state index in [0.717, 1.165) is 93.9 Å². The number of esters is 4. The van der Waals surface area contributed by atoms with Gasteiger partial charge < -0.3 is 37.9 Å². The Hall–Kier alpha value is -12.4. The molecule has 0 bridgehead atoms. The minimum absolute atomic E-state index is 0.000702. The fourth-order valence-electron chi connectivity index (χ4n) is 17.3. The van der Waals surface area contributed by atoms with Crippen LogP contribution in [0.3, 0.4) is 0 Å². The zero-order valence-corrected chi connectivity index (χ0v) is 70.4. The number of imide groups is 2. The number of ether oxygens (including phenoxy) is 8. The number of hydrogen-bond donors (Lipinski definition) is 0. The van der Waals surface area contributed by atoms with Crippen LogP contribution in [0.25, 0.3) is 43.1 Å². The number of nitrogens with zero attached hydrogens (tertiary/aromatic N) is 2. The van der Waals surface area contributed by atoms with Crippen molar-refractivity contribution in [3.8, 4) is 57.5 Å². The first-order valence-electron chi connectivity index (χ1n) is 41.7. The van der Waals surface area contributed by atoms with Crippen molar-refractivity contribution in [3.05, 3.63) is 251 Å². The topological polar surface area (TPSA) is 217 Å². The van der Waals surface area contributed by atoms with Gasteiger partial charge in [-0.2, -0.15) is 0 Å². The molecule has 2 atom stereocenters. The fraction of sp³-hybridized carbons (Fsp3) is 0.333. The molecule has 11 aromatic carbocycles. The zero-order valence-electron chi connectivity index (χ0n) is 70.4. The van der Waals surface area contributed by atoms with Gasteiger partial charge in [0.25, 0.3) is 23.6 Å². The first-order valence-corrected chi connectivity index (χ1v) is 41.7. The lowest BCUT2D eigenvalue weighted by Gasteiger charge is -2.39. The molecule has 2 heterocycles. The molecule has 18 nitrogen and oxygen atoms in total. The maximum atomic E-state index is 16.9. The molecule has 18 heteroatoms. The molecule has 0 N–H and O–H groups in total. The predicted molar refractivity (Wildman–Crippen MR) is 464 cm³/mol. The van der Waals surface area contributed by atoms with Crippen molar-refractivity contribution in [3.63, 3.8) is 0 Å². The molecule has 4 amide bonds. The number of carbonyl (C=O) groups is 8. The van der Waals surface area contributed by atoms with Crippen molar-refractivity contribution < 1.29 is 76.3 Å². The maximum absolute atomic E-state index is 16.9. The highest BCUT2D eigenvalue weighted by Gasteiger charge is 2.50. The Balaban J connectivity index is 1.03. The summed E-state index contributed by atoms with van der Waals surface area (Å²) < 4.78 is 53.0. The average molecular weight is 1610 g/mol. The third kappa shape index (κ3) is 16.6. The van der Waals surface area contributed by atoms with Crippen LogP contribution in [0.2, 0.25) is 0 Å². The van der Waals surface area contributed by atoms with Gasteiger partial charge in [-0.25, -0.2) is 19.2 Å². The molecule has 616 valence electrons. The van der Waals surface area contributed by atoms with Gasteiger partial charge in [0.15, 0.2) is 0 Å². The minimum Gasteiger partial charge on any atom is -0.462 e.